The largest absolute Gasteiger partial charge is 0.492 e. The van der Waals surface area contributed by atoms with Gasteiger partial charge >= 0.3 is 0 Å². The first-order valence-corrected chi connectivity index (χ1v) is 11.5. The molecule has 2 aromatic carbocycles. The molecule has 0 aliphatic carbocycles. The van der Waals surface area contributed by atoms with Crippen LogP contribution in [0.1, 0.15) is 34.6 Å². The quantitative estimate of drug-likeness (QED) is 0.588. The summed E-state index contributed by atoms with van der Waals surface area (Å²) in [7, 11) is -3.72. The second kappa shape index (κ2) is 10.1. The molecular formula is C22H29FN2O5S. The second-order valence-corrected chi connectivity index (χ2v) is 9.14. The molecule has 0 aliphatic rings. The van der Waals surface area contributed by atoms with Crippen LogP contribution in [0.2, 0.25) is 0 Å². The molecule has 0 unspecified atom stereocenters. The molecule has 7 nitrogen and oxygen atoms in total. The lowest BCUT2D eigenvalue weighted by molar-refractivity contribution is -0.128. The van der Waals surface area contributed by atoms with E-state index in [1.54, 1.807) is 34.6 Å². The van der Waals surface area contributed by atoms with Crippen molar-refractivity contribution in [1.29, 1.82) is 0 Å². The van der Waals surface area contributed by atoms with Gasteiger partial charge in [-0.2, -0.15) is 4.31 Å². The van der Waals surface area contributed by atoms with E-state index in [2.05, 4.69) is 5.32 Å². The lowest BCUT2D eigenvalue weighted by Gasteiger charge is -2.26. The van der Waals surface area contributed by atoms with E-state index >= 15 is 0 Å². The SMILES string of the molecule is CCOc1ccc(S(=O)(=O)N(CC)CC)cc1NC(=O)C(C)(C)Oc1ccc(F)cc1. The number of rotatable bonds is 10. The van der Waals surface area contributed by atoms with Gasteiger partial charge in [0.25, 0.3) is 5.91 Å². The van der Waals surface area contributed by atoms with Crippen molar-refractivity contribution in [3.8, 4) is 11.5 Å². The van der Waals surface area contributed by atoms with Gasteiger partial charge in [0.1, 0.15) is 17.3 Å². The van der Waals surface area contributed by atoms with Gasteiger partial charge in [-0.15, -0.1) is 0 Å². The Morgan fingerprint density at radius 2 is 1.68 bits per heavy atom. The molecule has 31 heavy (non-hydrogen) atoms. The van der Waals surface area contributed by atoms with Crippen molar-refractivity contribution in [3.63, 3.8) is 0 Å². The summed E-state index contributed by atoms with van der Waals surface area (Å²) in [4.78, 5) is 13.0. The zero-order chi connectivity index (χ0) is 23.2. The molecule has 0 radical (unpaired) electrons. The number of sulfonamides is 1. The molecule has 2 aromatic rings. The van der Waals surface area contributed by atoms with Crippen molar-refractivity contribution in [3.05, 3.63) is 48.3 Å². The Morgan fingerprint density at radius 1 is 1.06 bits per heavy atom. The Balaban J connectivity index is 2.34. The van der Waals surface area contributed by atoms with Crippen molar-refractivity contribution in [2.24, 2.45) is 0 Å². The van der Waals surface area contributed by atoms with Crippen LogP contribution in [-0.4, -0.2) is 43.9 Å². The number of hydrogen-bond donors (Lipinski definition) is 1. The molecule has 0 saturated carbocycles. The molecule has 2 rings (SSSR count). The lowest BCUT2D eigenvalue weighted by atomic mass is 10.1. The highest BCUT2D eigenvalue weighted by molar-refractivity contribution is 7.89. The van der Waals surface area contributed by atoms with Gasteiger partial charge in [-0.05, 0) is 63.2 Å². The summed E-state index contributed by atoms with van der Waals surface area (Å²) in [5, 5.41) is 2.71. The van der Waals surface area contributed by atoms with Crippen LogP contribution >= 0.6 is 0 Å². The number of halogens is 1. The van der Waals surface area contributed by atoms with Crippen LogP contribution in [0.4, 0.5) is 10.1 Å². The van der Waals surface area contributed by atoms with Crippen LogP contribution in [0.25, 0.3) is 0 Å². The van der Waals surface area contributed by atoms with Gasteiger partial charge in [0.2, 0.25) is 10.0 Å². The highest BCUT2D eigenvalue weighted by Gasteiger charge is 2.31. The Labute approximate surface area is 183 Å². The molecule has 1 N–H and O–H groups in total. The molecule has 0 fully saturated rings. The summed E-state index contributed by atoms with van der Waals surface area (Å²) in [6.45, 7) is 9.40. The van der Waals surface area contributed by atoms with Gasteiger partial charge in [-0.1, -0.05) is 13.8 Å². The highest BCUT2D eigenvalue weighted by Crippen LogP contribution is 2.30. The first kappa shape index (κ1) is 24.6. The number of anilines is 1. The van der Waals surface area contributed by atoms with Gasteiger partial charge in [-0.3, -0.25) is 4.79 Å². The molecule has 0 aliphatic heterocycles. The zero-order valence-electron chi connectivity index (χ0n) is 18.4. The minimum Gasteiger partial charge on any atom is -0.492 e. The van der Waals surface area contributed by atoms with Gasteiger partial charge < -0.3 is 14.8 Å². The predicted molar refractivity (Wildman–Crippen MR) is 117 cm³/mol. The molecule has 170 valence electrons. The fourth-order valence-corrected chi connectivity index (χ4v) is 4.36. The van der Waals surface area contributed by atoms with Crippen molar-refractivity contribution in [1.82, 2.24) is 4.31 Å². The van der Waals surface area contributed by atoms with Gasteiger partial charge in [0.05, 0.1) is 17.2 Å². The Kier molecular flexibility index (Phi) is 8.02. The van der Waals surface area contributed by atoms with E-state index in [4.69, 9.17) is 9.47 Å². The Morgan fingerprint density at radius 3 is 2.23 bits per heavy atom. The molecule has 0 heterocycles. The van der Waals surface area contributed by atoms with Crippen molar-refractivity contribution in [2.45, 2.75) is 45.1 Å². The van der Waals surface area contributed by atoms with Crippen LogP contribution in [0.3, 0.4) is 0 Å². The maximum absolute atomic E-state index is 13.1. The first-order chi connectivity index (χ1) is 14.5. The average Bonchev–Trinajstić information content (AvgIpc) is 2.71. The van der Waals surface area contributed by atoms with E-state index in [9.17, 15) is 17.6 Å². The molecule has 0 spiro atoms. The topological polar surface area (TPSA) is 84.9 Å². The van der Waals surface area contributed by atoms with Gasteiger partial charge in [-0.25, -0.2) is 12.8 Å². The normalized spacial score (nSPS) is 12.0. The molecule has 1 amide bonds. The van der Waals surface area contributed by atoms with Crippen molar-refractivity contribution < 1.29 is 27.1 Å². The van der Waals surface area contributed by atoms with E-state index < -0.39 is 27.3 Å². The molecule has 0 saturated heterocycles. The molecular weight excluding hydrogens is 423 g/mol. The predicted octanol–water partition coefficient (Wildman–Crippen LogP) is 4.05. The Bertz CT molecular complexity index is 1000. The summed E-state index contributed by atoms with van der Waals surface area (Å²) in [6.07, 6.45) is 0. The van der Waals surface area contributed by atoms with Crippen LogP contribution in [0, 0.1) is 5.82 Å². The molecule has 9 heteroatoms. The number of benzene rings is 2. The molecule has 0 aromatic heterocycles. The van der Waals surface area contributed by atoms with Crippen LogP contribution in [0.15, 0.2) is 47.4 Å². The number of ether oxygens (including phenoxy) is 2. The minimum atomic E-state index is -3.72. The monoisotopic (exact) mass is 452 g/mol. The van der Waals surface area contributed by atoms with Crippen LogP contribution in [-0.2, 0) is 14.8 Å². The third-order valence-electron chi connectivity index (χ3n) is 4.58. The highest BCUT2D eigenvalue weighted by atomic mass is 32.2. The summed E-state index contributed by atoms with van der Waals surface area (Å²) in [6, 6.07) is 9.67. The van der Waals surface area contributed by atoms with E-state index in [0.717, 1.165) is 0 Å². The standard InChI is InChI=1S/C22H29FN2O5S/c1-6-25(7-2)31(27,28)18-13-14-20(29-8-3)19(15-18)24-21(26)22(4,5)30-17-11-9-16(23)10-12-17/h9-15H,6-8H2,1-5H3,(H,24,26). The van der Waals surface area contributed by atoms with Gasteiger partial charge in [0, 0.05) is 13.1 Å². The number of nitrogens with one attached hydrogen (secondary N) is 1. The van der Waals surface area contributed by atoms with E-state index in [1.807, 2.05) is 0 Å². The van der Waals surface area contributed by atoms with Crippen LogP contribution in [0.5, 0.6) is 11.5 Å². The van der Waals surface area contributed by atoms with E-state index in [-0.39, 0.29) is 10.6 Å². The van der Waals surface area contributed by atoms with E-state index in [0.29, 0.717) is 31.2 Å². The van der Waals surface area contributed by atoms with E-state index in [1.165, 1.54) is 46.8 Å². The average molecular weight is 453 g/mol. The second-order valence-electron chi connectivity index (χ2n) is 7.20. The van der Waals surface area contributed by atoms with Crippen molar-refractivity contribution >= 4 is 21.6 Å². The number of nitrogens with zero attached hydrogens (tertiary/aromatic N) is 1. The maximum Gasteiger partial charge on any atom is 0.268 e. The fourth-order valence-electron chi connectivity index (χ4n) is 2.88. The molecule has 0 atom stereocenters. The summed E-state index contributed by atoms with van der Waals surface area (Å²) < 4.78 is 51.5. The third-order valence-corrected chi connectivity index (χ3v) is 6.62. The van der Waals surface area contributed by atoms with Gasteiger partial charge in [0.15, 0.2) is 5.60 Å². The Hall–Kier alpha value is -2.65. The number of carbonyl (C=O) groups excluding carboxylic acids is 1. The fraction of sp³-hybridized carbons (Fsp3) is 0.409. The summed E-state index contributed by atoms with van der Waals surface area (Å²) in [5.74, 6) is -0.270. The molecule has 0 bridgehead atoms. The smallest absolute Gasteiger partial charge is 0.268 e. The summed E-state index contributed by atoms with van der Waals surface area (Å²) in [5.41, 5.74) is -1.11. The minimum absolute atomic E-state index is 0.0483. The summed E-state index contributed by atoms with van der Waals surface area (Å²) >= 11 is 0. The van der Waals surface area contributed by atoms with Crippen LogP contribution < -0.4 is 14.8 Å². The number of carbonyl (C=O) groups is 1. The maximum atomic E-state index is 13.1. The van der Waals surface area contributed by atoms with Crippen molar-refractivity contribution in [2.75, 3.05) is 25.0 Å². The lowest BCUT2D eigenvalue weighted by Crippen LogP contribution is -2.42. The first-order valence-electron chi connectivity index (χ1n) is 10.1. The number of amides is 1. The zero-order valence-corrected chi connectivity index (χ0v) is 19.3. The third kappa shape index (κ3) is 5.95. The number of hydrogen-bond acceptors (Lipinski definition) is 5.